The van der Waals surface area contributed by atoms with E-state index in [1.165, 1.54) is 0 Å². The van der Waals surface area contributed by atoms with Crippen LogP contribution in [0, 0.1) is 12.8 Å². The van der Waals surface area contributed by atoms with Gasteiger partial charge in [-0.25, -0.2) is 0 Å². The van der Waals surface area contributed by atoms with Crippen LogP contribution >= 0.6 is 11.6 Å². The van der Waals surface area contributed by atoms with E-state index in [1.807, 2.05) is 19.1 Å². The number of rotatable bonds is 7. The Balaban J connectivity index is 1.57. The standard InChI is InChI=1S/C18H23ClN2O3/c1-13-11-15(19)8-9-16(13)24-10-4-7-17(22)20-21-18(23)12-14-5-2-3-6-14/h2,5,8-9,11,14H,3-4,6-7,10,12H2,1H3,(H,20,22)(H,21,23). The van der Waals surface area contributed by atoms with E-state index < -0.39 is 0 Å². The van der Waals surface area contributed by atoms with Gasteiger partial charge in [0.1, 0.15) is 5.75 Å². The number of hydrogen-bond acceptors (Lipinski definition) is 3. The van der Waals surface area contributed by atoms with Gasteiger partial charge in [-0.15, -0.1) is 0 Å². The van der Waals surface area contributed by atoms with E-state index in [1.54, 1.807) is 6.07 Å². The van der Waals surface area contributed by atoms with Gasteiger partial charge in [-0.05, 0) is 55.9 Å². The van der Waals surface area contributed by atoms with E-state index in [-0.39, 0.29) is 24.2 Å². The predicted octanol–water partition coefficient (Wildman–Crippen LogP) is 3.31. The summed E-state index contributed by atoms with van der Waals surface area (Å²) in [6, 6.07) is 5.42. The number of carbonyl (C=O) groups excluding carboxylic acids is 2. The summed E-state index contributed by atoms with van der Waals surface area (Å²) in [5.74, 6) is 0.672. The van der Waals surface area contributed by atoms with Crippen LogP contribution in [0.25, 0.3) is 0 Å². The third kappa shape index (κ3) is 6.24. The van der Waals surface area contributed by atoms with Crippen molar-refractivity contribution in [2.24, 2.45) is 5.92 Å². The molecule has 1 atom stereocenters. The van der Waals surface area contributed by atoms with Gasteiger partial charge in [-0.3, -0.25) is 20.4 Å². The van der Waals surface area contributed by atoms with Gasteiger partial charge >= 0.3 is 0 Å². The quantitative estimate of drug-likeness (QED) is 0.450. The Morgan fingerprint density at radius 3 is 2.79 bits per heavy atom. The SMILES string of the molecule is Cc1cc(Cl)ccc1OCCCC(=O)NNC(=O)CC1C=CCC1. The maximum Gasteiger partial charge on any atom is 0.238 e. The first kappa shape index (κ1) is 18.3. The lowest BCUT2D eigenvalue weighted by Gasteiger charge is -2.11. The van der Waals surface area contributed by atoms with E-state index in [0.717, 1.165) is 24.2 Å². The second-order valence-electron chi connectivity index (χ2n) is 5.93. The highest BCUT2D eigenvalue weighted by Gasteiger charge is 2.14. The number of aryl methyl sites for hydroxylation is 1. The first-order valence-electron chi connectivity index (χ1n) is 8.18. The lowest BCUT2D eigenvalue weighted by atomic mass is 10.1. The summed E-state index contributed by atoms with van der Waals surface area (Å²) < 4.78 is 5.62. The zero-order valence-corrected chi connectivity index (χ0v) is 14.6. The molecular formula is C18H23ClN2O3. The first-order valence-corrected chi connectivity index (χ1v) is 8.55. The average Bonchev–Trinajstić information content (AvgIpc) is 3.04. The van der Waals surface area contributed by atoms with Gasteiger partial charge in [0.25, 0.3) is 0 Å². The second kappa shape index (κ2) is 9.33. The van der Waals surface area contributed by atoms with Gasteiger partial charge in [0.15, 0.2) is 0 Å². The molecule has 0 aromatic heterocycles. The van der Waals surface area contributed by atoms with Gasteiger partial charge in [0.2, 0.25) is 11.8 Å². The second-order valence-corrected chi connectivity index (χ2v) is 6.36. The van der Waals surface area contributed by atoms with E-state index in [9.17, 15) is 9.59 Å². The van der Waals surface area contributed by atoms with Crippen LogP contribution < -0.4 is 15.6 Å². The minimum atomic E-state index is -0.221. The highest BCUT2D eigenvalue weighted by atomic mass is 35.5. The van der Waals surface area contributed by atoms with Crippen LogP contribution in [0.3, 0.4) is 0 Å². The molecule has 0 saturated heterocycles. The van der Waals surface area contributed by atoms with Crippen molar-refractivity contribution in [2.45, 2.75) is 39.0 Å². The summed E-state index contributed by atoms with van der Waals surface area (Å²) in [4.78, 5) is 23.4. The van der Waals surface area contributed by atoms with E-state index in [2.05, 4.69) is 23.0 Å². The van der Waals surface area contributed by atoms with Crippen molar-refractivity contribution >= 4 is 23.4 Å². The molecule has 2 N–H and O–H groups in total. The van der Waals surface area contributed by atoms with Crippen molar-refractivity contribution in [2.75, 3.05) is 6.61 Å². The van der Waals surface area contributed by atoms with Crippen molar-refractivity contribution in [1.82, 2.24) is 10.9 Å². The summed E-state index contributed by atoms with van der Waals surface area (Å²) in [5, 5.41) is 0.670. The van der Waals surface area contributed by atoms with Crippen LogP contribution in [0.15, 0.2) is 30.4 Å². The van der Waals surface area contributed by atoms with E-state index in [0.29, 0.717) is 24.5 Å². The zero-order chi connectivity index (χ0) is 17.4. The lowest BCUT2D eigenvalue weighted by molar-refractivity contribution is -0.129. The van der Waals surface area contributed by atoms with Crippen molar-refractivity contribution in [3.05, 3.63) is 40.9 Å². The molecule has 2 amide bonds. The number of nitrogens with one attached hydrogen (secondary N) is 2. The van der Waals surface area contributed by atoms with Gasteiger partial charge in [0, 0.05) is 17.9 Å². The Kier molecular flexibility index (Phi) is 7.12. The lowest BCUT2D eigenvalue weighted by Crippen LogP contribution is -2.42. The molecule has 0 bridgehead atoms. The molecule has 5 nitrogen and oxygen atoms in total. The molecule has 1 aromatic rings. The fourth-order valence-corrected chi connectivity index (χ4v) is 2.77. The molecule has 1 aliphatic carbocycles. The molecule has 0 aliphatic heterocycles. The molecule has 0 radical (unpaired) electrons. The smallest absolute Gasteiger partial charge is 0.238 e. The van der Waals surface area contributed by atoms with E-state index >= 15 is 0 Å². The number of amides is 2. The van der Waals surface area contributed by atoms with Crippen molar-refractivity contribution in [1.29, 1.82) is 0 Å². The number of benzene rings is 1. The van der Waals surface area contributed by atoms with Crippen molar-refractivity contribution < 1.29 is 14.3 Å². The molecule has 0 spiro atoms. The zero-order valence-electron chi connectivity index (χ0n) is 13.8. The maximum atomic E-state index is 11.7. The summed E-state index contributed by atoms with van der Waals surface area (Å²) in [6.07, 6.45) is 7.43. The Bertz CT molecular complexity index is 616. The van der Waals surface area contributed by atoms with Crippen LogP contribution in [-0.2, 0) is 9.59 Å². The predicted molar refractivity (Wildman–Crippen MR) is 93.7 cm³/mol. The third-order valence-electron chi connectivity index (χ3n) is 3.84. The monoisotopic (exact) mass is 350 g/mol. The normalized spacial score (nSPS) is 16.0. The highest BCUT2D eigenvalue weighted by molar-refractivity contribution is 6.30. The van der Waals surface area contributed by atoms with Gasteiger partial charge < -0.3 is 4.74 Å². The Labute approximate surface area is 147 Å². The van der Waals surface area contributed by atoms with E-state index in [4.69, 9.17) is 16.3 Å². The van der Waals surface area contributed by atoms with Gasteiger partial charge in [-0.2, -0.15) is 0 Å². The summed E-state index contributed by atoms with van der Waals surface area (Å²) in [5.41, 5.74) is 5.85. The fraction of sp³-hybridized carbons (Fsp3) is 0.444. The Hall–Kier alpha value is -2.01. The Morgan fingerprint density at radius 1 is 1.29 bits per heavy atom. The first-order chi connectivity index (χ1) is 11.5. The Morgan fingerprint density at radius 2 is 2.08 bits per heavy atom. The van der Waals surface area contributed by atoms with Crippen LogP contribution in [0.5, 0.6) is 5.75 Å². The molecule has 0 saturated carbocycles. The number of halogens is 1. The van der Waals surface area contributed by atoms with Crippen molar-refractivity contribution in [3.8, 4) is 5.75 Å². The van der Waals surface area contributed by atoms with Crippen LogP contribution in [0.2, 0.25) is 5.02 Å². The molecule has 130 valence electrons. The summed E-state index contributed by atoms with van der Waals surface area (Å²) in [7, 11) is 0. The fourth-order valence-electron chi connectivity index (χ4n) is 2.55. The molecule has 1 aromatic carbocycles. The van der Waals surface area contributed by atoms with Crippen molar-refractivity contribution in [3.63, 3.8) is 0 Å². The van der Waals surface area contributed by atoms with Crippen LogP contribution in [-0.4, -0.2) is 18.4 Å². The third-order valence-corrected chi connectivity index (χ3v) is 4.08. The van der Waals surface area contributed by atoms with Gasteiger partial charge in [0.05, 0.1) is 6.61 Å². The highest BCUT2D eigenvalue weighted by Crippen LogP contribution is 2.22. The number of hydrogen-bond donors (Lipinski definition) is 2. The number of carbonyl (C=O) groups is 2. The topological polar surface area (TPSA) is 67.4 Å². The summed E-state index contributed by atoms with van der Waals surface area (Å²) in [6.45, 7) is 2.35. The average molecular weight is 351 g/mol. The van der Waals surface area contributed by atoms with Crippen LogP contribution in [0.1, 0.15) is 37.7 Å². The number of allylic oxidation sites excluding steroid dienone is 2. The molecule has 6 heteroatoms. The minimum Gasteiger partial charge on any atom is -0.493 e. The largest absolute Gasteiger partial charge is 0.493 e. The molecule has 2 rings (SSSR count). The van der Waals surface area contributed by atoms with Gasteiger partial charge in [-0.1, -0.05) is 23.8 Å². The molecule has 0 fully saturated rings. The van der Waals surface area contributed by atoms with Crippen LogP contribution in [0.4, 0.5) is 0 Å². The molecule has 1 unspecified atom stereocenters. The number of hydrazine groups is 1. The molecule has 24 heavy (non-hydrogen) atoms. The molecule has 0 heterocycles. The molecule has 1 aliphatic rings. The molecular weight excluding hydrogens is 328 g/mol. The number of ether oxygens (including phenoxy) is 1. The minimum absolute atomic E-state index is 0.159. The summed E-state index contributed by atoms with van der Waals surface area (Å²) >= 11 is 5.89. The maximum absolute atomic E-state index is 11.7.